The van der Waals surface area contributed by atoms with Gasteiger partial charge in [-0.2, -0.15) is 0 Å². The predicted molar refractivity (Wildman–Crippen MR) is 83.4 cm³/mol. The zero-order valence-corrected chi connectivity index (χ0v) is 13.3. The first-order chi connectivity index (χ1) is 10.5. The fraction of sp³-hybridized carbons (Fsp3) is 0.0714. The molecule has 2 aromatic rings. The summed E-state index contributed by atoms with van der Waals surface area (Å²) in [6.45, 7) is -0.371. The van der Waals surface area contributed by atoms with E-state index in [1.165, 1.54) is 18.2 Å². The Morgan fingerprint density at radius 2 is 2.05 bits per heavy atom. The molecular weight excluding hydrogens is 378 g/mol. The summed E-state index contributed by atoms with van der Waals surface area (Å²) in [7, 11) is 0. The minimum Gasteiger partial charge on any atom is -0.480 e. The molecule has 0 fully saturated rings. The fourth-order valence-electron chi connectivity index (χ4n) is 1.55. The summed E-state index contributed by atoms with van der Waals surface area (Å²) >= 11 is 9.20. The van der Waals surface area contributed by atoms with Gasteiger partial charge < -0.3 is 9.47 Å². The largest absolute Gasteiger partial charge is 0.480 e. The van der Waals surface area contributed by atoms with Crippen LogP contribution in [0.1, 0.15) is 0 Å². The van der Waals surface area contributed by atoms with Crippen LogP contribution in [0.2, 0.25) is 5.02 Å². The van der Waals surface area contributed by atoms with Gasteiger partial charge in [0.05, 0.1) is 16.0 Å². The number of rotatable bonds is 5. The number of halogens is 2. The van der Waals surface area contributed by atoms with Crippen LogP contribution in [0, 0.1) is 10.1 Å². The number of non-ortho nitro benzene ring substituents is 1. The average Bonchev–Trinajstić information content (AvgIpc) is 2.46. The molecule has 0 amide bonds. The quantitative estimate of drug-likeness (QED) is 0.336. The van der Waals surface area contributed by atoms with Crippen molar-refractivity contribution in [1.29, 1.82) is 0 Å². The lowest BCUT2D eigenvalue weighted by Crippen LogP contribution is -2.17. The van der Waals surface area contributed by atoms with Crippen LogP contribution in [0.25, 0.3) is 0 Å². The lowest BCUT2D eigenvalue weighted by atomic mass is 10.3. The Morgan fingerprint density at radius 3 is 2.73 bits per heavy atom. The molecule has 0 aliphatic rings. The first kappa shape index (κ1) is 16.3. The van der Waals surface area contributed by atoms with Gasteiger partial charge in [0.2, 0.25) is 0 Å². The molecule has 0 atom stereocenters. The molecule has 0 saturated heterocycles. The Morgan fingerprint density at radius 1 is 1.27 bits per heavy atom. The van der Waals surface area contributed by atoms with Gasteiger partial charge in [-0.25, -0.2) is 4.79 Å². The minimum atomic E-state index is -0.695. The molecule has 8 heteroatoms. The molecule has 2 rings (SSSR count). The molecule has 6 nitrogen and oxygen atoms in total. The maximum atomic E-state index is 11.7. The van der Waals surface area contributed by atoms with Crippen molar-refractivity contribution in [3.63, 3.8) is 0 Å². The Labute approximate surface area is 138 Å². The first-order valence-corrected chi connectivity index (χ1v) is 7.16. The minimum absolute atomic E-state index is 0.0738. The van der Waals surface area contributed by atoms with Crippen molar-refractivity contribution in [2.24, 2.45) is 0 Å². The fourth-order valence-corrected chi connectivity index (χ4v) is 2.28. The van der Waals surface area contributed by atoms with E-state index in [9.17, 15) is 14.9 Å². The van der Waals surface area contributed by atoms with E-state index >= 15 is 0 Å². The highest BCUT2D eigenvalue weighted by atomic mass is 79.9. The number of benzene rings is 2. The number of hydrogen-bond acceptors (Lipinski definition) is 5. The molecule has 0 N–H and O–H groups in total. The number of esters is 1. The van der Waals surface area contributed by atoms with Crippen LogP contribution in [0.3, 0.4) is 0 Å². The summed E-state index contributed by atoms with van der Waals surface area (Å²) in [5.74, 6) is -0.287. The monoisotopic (exact) mass is 385 g/mol. The van der Waals surface area contributed by atoms with Crippen LogP contribution in [0.15, 0.2) is 46.9 Å². The van der Waals surface area contributed by atoms with Crippen molar-refractivity contribution in [3.05, 3.63) is 62.1 Å². The van der Waals surface area contributed by atoms with Gasteiger partial charge in [0.1, 0.15) is 11.5 Å². The van der Waals surface area contributed by atoms with E-state index in [0.717, 1.165) is 10.5 Å². The van der Waals surface area contributed by atoms with E-state index < -0.39 is 10.9 Å². The molecule has 0 aliphatic carbocycles. The van der Waals surface area contributed by atoms with Crippen molar-refractivity contribution in [1.82, 2.24) is 0 Å². The molecule has 0 radical (unpaired) electrons. The van der Waals surface area contributed by atoms with Crippen molar-refractivity contribution in [3.8, 4) is 11.5 Å². The molecule has 0 aromatic heterocycles. The molecule has 0 bridgehead atoms. The molecular formula is C14H9BrClNO5. The smallest absolute Gasteiger partial charge is 0.349 e. The topological polar surface area (TPSA) is 78.7 Å². The van der Waals surface area contributed by atoms with E-state index in [2.05, 4.69) is 15.9 Å². The van der Waals surface area contributed by atoms with Crippen LogP contribution in [0.4, 0.5) is 5.69 Å². The van der Waals surface area contributed by atoms with Gasteiger partial charge in [-0.15, -0.1) is 0 Å². The van der Waals surface area contributed by atoms with Crippen LogP contribution in [-0.4, -0.2) is 17.5 Å². The Bertz CT molecular complexity index is 722. The number of nitro groups is 1. The maximum Gasteiger partial charge on any atom is 0.349 e. The highest BCUT2D eigenvalue weighted by Gasteiger charge is 2.11. The number of ether oxygens (including phenoxy) is 2. The van der Waals surface area contributed by atoms with Gasteiger partial charge >= 0.3 is 5.97 Å². The van der Waals surface area contributed by atoms with Crippen LogP contribution in [-0.2, 0) is 4.79 Å². The molecule has 0 heterocycles. The summed E-state index contributed by atoms with van der Waals surface area (Å²) in [5, 5.41) is 11.0. The highest BCUT2D eigenvalue weighted by molar-refractivity contribution is 9.10. The van der Waals surface area contributed by atoms with Gasteiger partial charge in [-0.3, -0.25) is 10.1 Å². The van der Waals surface area contributed by atoms with Crippen molar-refractivity contribution >= 4 is 39.2 Å². The van der Waals surface area contributed by atoms with Gasteiger partial charge in [-0.1, -0.05) is 33.6 Å². The Kier molecular flexibility index (Phi) is 5.35. The summed E-state index contributed by atoms with van der Waals surface area (Å²) in [6, 6.07) is 10.3. The Hall–Kier alpha value is -2.12. The second-order valence-electron chi connectivity index (χ2n) is 4.09. The third-order valence-electron chi connectivity index (χ3n) is 2.50. The number of nitrogens with zero attached hydrogens (tertiary/aromatic N) is 1. The molecule has 2 aromatic carbocycles. The van der Waals surface area contributed by atoms with Crippen LogP contribution < -0.4 is 9.47 Å². The van der Waals surface area contributed by atoms with E-state index in [1.807, 2.05) is 0 Å². The number of nitro benzene ring substituents is 1. The lowest BCUT2D eigenvalue weighted by Gasteiger charge is -2.08. The van der Waals surface area contributed by atoms with E-state index in [4.69, 9.17) is 21.1 Å². The van der Waals surface area contributed by atoms with Crippen LogP contribution in [0.5, 0.6) is 11.5 Å². The van der Waals surface area contributed by atoms with E-state index in [0.29, 0.717) is 10.8 Å². The van der Waals surface area contributed by atoms with E-state index in [-0.39, 0.29) is 18.0 Å². The van der Waals surface area contributed by atoms with E-state index in [1.54, 1.807) is 18.2 Å². The number of hydrogen-bond donors (Lipinski definition) is 0. The van der Waals surface area contributed by atoms with Crippen LogP contribution >= 0.6 is 27.5 Å². The normalized spacial score (nSPS) is 10.1. The lowest BCUT2D eigenvalue weighted by molar-refractivity contribution is -0.384. The zero-order chi connectivity index (χ0) is 16.1. The van der Waals surface area contributed by atoms with Crippen molar-refractivity contribution in [2.45, 2.75) is 0 Å². The summed E-state index contributed by atoms with van der Waals surface area (Å²) in [4.78, 5) is 21.7. The molecule has 0 unspecified atom stereocenters. The maximum absolute atomic E-state index is 11.7. The predicted octanol–water partition coefficient (Wildman–Crippen LogP) is 4.00. The van der Waals surface area contributed by atoms with Gasteiger partial charge in [-0.05, 0) is 24.3 Å². The third-order valence-corrected chi connectivity index (χ3v) is 3.29. The zero-order valence-electron chi connectivity index (χ0n) is 11.0. The number of carbonyl (C=O) groups excluding carboxylic acids is 1. The summed E-state index contributed by atoms with van der Waals surface area (Å²) in [5.41, 5.74) is -0.165. The summed E-state index contributed by atoms with van der Waals surface area (Å²) < 4.78 is 11.0. The molecule has 0 saturated carbocycles. The molecule has 0 aliphatic heterocycles. The first-order valence-electron chi connectivity index (χ1n) is 5.98. The van der Waals surface area contributed by atoms with Crippen molar-refractivity contribution < 1.29 is 19.2 Å². The van der Waals surface area contributed by atoms with Gasteiger partial charge in [0.25, 0.3) is 5.69 Å². The second kappa shape index (κ2) is 7.24. The molecule has 0 spiro atoms. The van der Waals surface area contributed by atoms with Gasteiger partial charge in [0, 0.05) is 10.5 Å². The molecule has 22 heavy (non-hydrogen) atoms. The SMILES string of the molecule is O=C(COc1ccc(Br)cc1Cl)Oc1cccc([N+](=O)[O-])c1. The van der Waals surface area contributed by atoms with Crippen molar-refractivity contribution in [2.75, 3.05) is 6.61 Å². The standard InChI is InChI=1S/C14H9BrClNO5/c15-9-4-5-13(12(16)6-9)21-8-14(18)22-11-3-1-2-10(7-11)17(19)20/h1-7H,8H2. The molecule has 114 valence electrons. The summed E-state index contributed by atoms with van der Waals surface area (Å²) in [6.07, 6.45) is 0. The van der Waals surface area contributed by atoms with Gasteiger partial charge in [0.15, 0.2) is 6.61 Å². The second-order valence-corrected chi connectivity index (χ2v) is 5.41. The number of carbonyl (C=O) groups is 1. The third kappa shape index (κ3) is 4.44. The Balaban J connectivity index is 1.95. The average molecular weight is 387 g/mol. The highest BCUT2D eigenvalue weighted by Crippen LogP contribution is 2.27.